The third-order valence-corrected chi connectivity index (χ3v) is 5.81. The molecule has 2 aromatic carbocycles. The van der Waals surface area contributed by atoms with Crippen LogP contribution in [0.3, 0.4) is 0 Å². The molecule has 3 aromatic rings. The lowest BCUT2D eigenvalue weighted by Crippen LogP contribution is -2.26. The Labute approximate surface area is 183 Å². The fourth-order valence-corrected chi connectivity index (χ4v) is 4.10. The number of aromatic nitrogens is 2. The fourth-order valence-electron chi connectivity index (χ4n) is 2.97. The second-order valence-corrected chi connectivity index (χ2v) is 7.96. The first-order valence-electron chi connectivity index (χ1n) is 9.27. The average molecular weight is 437 g/mol. The minimum Gasteiger partial charge on any atom is -0.351 e. The van der Waals surface area contributed by atoms with E-state index in [1.807, 2.05) is 18.2 Å². The van der Waals surface area contributed by atoms with Crippen LogP contribution < -0.4 is 10.9 Å². The number of nitrogens with zero attached hydrogens (tertiary/aromatic N) is 2. The van der Waals surface area contributed by atoms with E-state index in [4.69, 9.17) is 17.5 Å². The van der Waals surface area contributed by atoms with Crippen LogP contribution in [0.2, 0.25) is 0 Å². The molecule has 0 aliphatic heterocycles. The highest BCUT2D eigenvalue weighted by molar-refractivity contribution is 7.98. The highest BCUT2D eigenvalue weighted by Crippen LogP contribution is 2.16. The van der Waals surface area contributed by atoms with Crippen LogP contribution in [0.1, 0.15) is 21.5 Å². The summed E-state index contributed by atoms with van der Waals surface area (Å²) in [6.45, 7) is 4.45. The van der Waals surface area contributed by atoms with Crippen LogP contribution >= 0.6 is 24.0 Å². The van der Waals surface area contributed by atoms with Crippen LogP contribution in [0.5, 0.6) is 0 Å². The molecule has 0 saturated heterocycles. The predicted octanol–water partition coefficient (Wildman–Crippen LogP) is 3.78. The molecule has 0 aliphatic rings. The largest absolute Gasteiger partial charge is 0.351 e. The Kier molecular flexibility index (Phi) is 7.22. The molecule has 0 spiro atoms. The minimum absolute atomic E-state index is 0.213. The lowest BCUT2D eigenvalue weighted by molar-refractivity contribution is 0.0956. The quantitative estimate of drug-likeness (QED) is 0.319. The van der Waals surface area contributed by atoms with Crippen molar-refractivity contribution in [2.24, 2.45) is 0 Å². The van der Waals surface area contributed by atoms with E-state index in [1.165, 1.54) is 4.57 Å². The lowest BCUT2D eigenvalue weighted by Gasteiger charge is -2.09. The van der Waals surface area contributed by atoms with Gasteiger partial charge in [-0.25, -0.2) is 0 Å². The van der Waals surface area contributed by atoms with Crippen molar-refractivity contribution in [1.82, 2.24) is 14.9 Å². The van der Waals surface area contributed by atoms with Gasteiger partial charge in [-0.1, -0.05) is 24.3 Å². The Hall–Kier alpha value is -3.15. The second-order valence-electron chi connectivity index (χ2n) is 6.47. The van der Waals surface area contributed by atoms with Gasteiger partial charge in [-0.3, -0.25) is 14.2 Å². The summed E-state index contributed by atoms with van der Waals surface area (Å²) in [6, 6.07) is 14.6. The molecule has 3 rings (SSSR count). The van der Waals surface area contributed by atoms with Crippen LogP contribution in [-0.4, -0.2) is 27.8 Å². The first-order valence-corrected chi connectivity index (χ1v) is 10.8. The van der Waals surface area contributed by atoms with Crippen molar-refractivity contribution in [3.8, 4) is 6.07 Å². The Morgan fingerprint density at radius 3 is 2.90 bits per heavy atom. The Morgan fingerprint density at radius 2 is 2.13 bits per heavy atom. The molecule has 1 amide bonds. The first-order chi connectivity index (χ1) is 14.5. The van der Waals surface area contributed by atoms with Gasteiger partial charge in [0.1, 0.15) is 0 Å². The summed E-state index contributed by atoms with van der Waals surface area (Å²) < 4.78 is 1.71. The number of allylic oxidation sites excluding steroid dienone is 1. The summed E-state index contributed by atoms with van der Waals surface area (Å²) in [7, 11) is 0. The molecule has 6 nitrogen and oxygen atoms in total. The molecule has 1 aromatic heterocycles. The van der Waals surface area contributed by atoms with Crippen LogP contribution in [0, 0.1) is 16.1 Å². The molecule has 0 radical (unpaired) electrons. The van der Waals surface area contributed by atoms with Crippen molar-refractivity contribution in [2.45, 2.75) is 12.3 Å². The second kappa shape index (κ2) is 10.1. The number of nitrogens with one attached hydrogen (secondary N) is 2. The van der Waals surface area contributed by atoms with Crippen molar-refractivity contribution in [3.05, 3.63) is 86.9 Å². The molecule has 2 N–H and O–H groups in total. The number of hydrogen-bond donors (Lipinski definition) is 2. The first kappa shape index (κ1) is 21.6. The standard InChI is InChI=1S/C22H20N4O2S2/c1-2-10-26-21(28)18-8-7-15(12-19(18)25-22(26)29)20(27)24-9-11-30-14-17-6-4-3-5-16(17)13-23/h2-8,12H,1,9-11,14H2,(H,24,27)(H,25,29). The number of fused-ring (bicyclic) bond motifs is 1. The Morgan fingerprint density at radius 1 is 1.33 bits per heavy atom. The summed E-state index contributed by atoms with van der Waals surface area (Å²) in [5, 5.41) is 12.5. The zero-order chi connectivity index (χ0) is 21.5. The fraction of sp³-hybridized carbons (Fsp3) is 0.182. The van der Waals surface area contributed by atoms with E-state index in [9.17, 15) is 9.59 Å². The SMILES string of the molecule is C=CCn1c(=S)[nH]c2cc(C(=O)NCCSCc3ccccc3C#N)ccc2c1=O. The van der Waals surface area contributed by atoms with Crippen LogP contribution in [0.15, 0.2) is 59.9 Å². The normalized spacial score (nSPS) is 10.5. The number of rotatable bonds is 8. The molecule has 1 heterocycles. The van der Waals surface area contributed by atoms with Gasteiger partial charge < -0.3 is 10.3 Å². The van der Waals surface area contributed by atoms with E-state index < -0.39 is 0 Å². The molecule has 0 aliphatic carbocycles. The van der Waals surface area contributed by atoms with E-state index in [0.29, 0.717) is 51.4 Å². The zero-order valence-electron chi connectivity index (χ0n) is 16.2. The van der Waals surface area contributed by atoms with Crippen LogP contribution in [0.4, 0.5) is 0 Å². The number of H-pyrrole nitrogens is 1. The van der Waals surface area contributed by atoms with Crippen LogP contribution in [0.25, 0.3) is 10.9 Å². The lowest BCUT2D eigenvalue weighted by atomic mass is 10.1. The van der Waals surface area contributed by atoms with Crippen molar-refractivity contribution >= 4 is 40.8 Å². The molecule has 0 atom stereocenters. The maximum atomic E-state index is 12.5. The molecular weight excluding hydrogens is 416 g/mol. The van der Waals surface area contributed by atoms with Gasteiger partial charge in [-0.2, -0.15) is 17.0 Å². The van der Waals surface area contributed by atoms with Gasteiger partial charge in [-0.05, 0) is 42.0 Å². The van der Waals surface area contributed by atoms with Gasteiger partial charge >= 0.3 is 0 Å². The summed E-state index contributed by atoms with van der Waals surface area (Å²) >= 11 is 6.88. The third-order valence-electron chi connectivity index (χ3n) is 4.48. The molecule has 8 heteroatoms. The van der Waals surface area contributed by atoms with Gasteiger partial charge in [0.05, 0.1) is 22.5 Å². The highest BCUT2D eigenvalue weighted by atomic mass is 32.2. The summed E-state index contributed by atoms with van der Waals surface area (Å²) in [4.78, 5) is 28.0. The maximum Gasteiger partial charge on any atom is 0.262 e. The van der Waals surface area contributed by atoms with E-state index in [1.54, 1.807) is 42.1 Å². The summed E-state index contributed by atoms with van der Waals surface area (Å²) in [6.07, 6.45) is 1.61. The molecule has 0 unspecified atom stereocenters. The van der Waals surface area contributed by atoms with Crippen molar-refractivity contribution in [3.63, 3.8) is 0 Å². The van der Waals surface area contributed by atoms with Gasteiger partial charge in [0.15, 0.2) is 4.77 Å². The van der Waals surface area contributed by atoms with Gasteiger partial charge in [0.2, 0.25) is 0 Å². The number of nitriles is 1. The topological polar surface area (TPSA) is 90.7 Å². The Balaban J connectivity index is 1.61. The summed E-state index contributed by atoms with van der Waals surface area (Å²) in [5.41, 5.74) is 2.43. The highest BCUT2D eigenvalue weighted by Gasteiger charge is 2.10. The predicted molar refractivity (Wildman–Crippen MR) is 123 cm³/mol. The van der Waals surface area contributed by atoms with E-state index in [0.717, 1.165) is 5.56 Å². The zero-order valence-corrected chi connectivity index (χ0v) is 17.8. The monoisotopic (exact) mass is 436 g/mol. The molecule has 0 fully saturated rings. The maximum absolute atomic E-state index is 12.5. The van der Waals surface area contributed by atoms with Gasteiger partial charge in [-0.15, -0.1) is 6.58 Å². The Bertz CT molecular complexity index is 1250. The van der Waals surface area contributed by atoms with E-state index >= 15 is 0 Å². The molecule has 0 bridgehead atoms. The number of hydrogen-bond acceptors (Lipinski definition) is 5. The average Bonchev–Trinajstić information content (AvgIpc) is 2.76. The van der Waals surface area contributed by atoms with Crippen molar-refractivity contribution in [2.75, 3.05) is 12.3 Å². The van der Waals surface area contributed by atoms with Gasteiger partial charge in [0.25, 0.3) is 11.5 Å². The molecule has 30 heavy (non-hydrogen) atoms. The van der Waals surface area contributed by atoms with Crippen molar-refractivity contribution < 1.29 is 4.79 Å². The number of carbonyl (C=O) groups is 1. The van der Waals surface area contributed by atoms with Crippen molar-refractivity contribution in [1.29, 1.82) is 5.26 Å². The molecule has 0 saturated carbocycles. The molecular formula is C22H20N4O2S2. The summed E-state index contributed by atoms with van der Waals surface area (Å²) in [5.74, 6) is 1.21. The number of carbonyl (C=O) groups excluding carboxylic acids is 1. The number of benzene rings is 2. The smallest absolute Gasteiger partial charge is 0.262 e. The van der Waals surface area contributed by atoms with E-state index in [-0.39, 0.29) is 11.5 Å². The van der Waals surface area contributed by atoms with E-state index in [2.05, 4.69) is 22.9 Å². The minimum atomic E-state index is -0.218. The number of aromatic amines is 1. The van der Waals surface area contributed by atoms with Crippen LogP contribution in [-0.2, 0) is 12.3 Å². The van der Waals surface area contributed by atoms with Gasteiger partial charge in [0, 0.05) is 30.2 Å². The molecule has 152 valence electrons. The third kappa shape index (κ3) is 4.87. The number of thioether (sulfide) groups is 1. The number of amides is 1.